The second-order valence-electron chi connectivity index (χ2n) is 5.72. The van der Waals surface area contributed by atoms with Crippen molar-refractivity contribution in [1.29, 1.82) is 0 Å². The number of carboxylic acid groups (broad SMARTS) is 1. The van der Waals surface area contributed by atoms with Gasteiger partial charge in [0.15, 0.2) is 0 Å². The molecule has 0 aliphatic heterocycles. The first-order valence-electron chi connectivity index (χ1n) is 6.37. The molecule has 0 radical (unpaired) electrons. The van der Waals surface area contributed by atoms with Gasteiger partial charge in [-0.25, -0.2) is 9.59 Å². The van der Waals surface area contributed by atoms with E-state index in [1.165, 1.54) is 12.1 Å². The van der Waals surface area contributed by atoms with Crippen molar-refractivity contribution in [2.24, 2.45) is 11.3 Å². The number of carbonyl (C=O) groups is 2. The number of amides is 2. The lowest BCUT2D eigenvalue weighted by Gasteiger charge is -2.09. The van der Waals surface area contributed by atoms with Crippen LogP contribution in [0.2, 0.25) is 5.02 Å². The molecule has 0 bridgehead atoms. The molecule has 1 fully saturated rings. The van der Waals surface area contributed by atoms with E-state index in [4.69, 9.17) is 16.7 Å². The van der Waals surface area contributed by atoms with Gasteiger partial charge in [0, 0.05) is 12.2 Å². The number of anilines is 1. The first kappa shape index (κ1) is 14.7. The Balaban J connectivity index is 1.91. The van der Waals surface area contributed by atoms with Crippen LogP contribution in [0.4, 0.5) is 10.5 Å². The maximum Gasteiger partial charge on any atom is 0.337 e. The number of nitrogens with one attached hydrogen (secondary N) is 2. The molecule has 1 unspecified atom stereocenters. The van der Waals surface area contributed by atoms with E-state index < -0.39 is 5.97 Å². The maximum absolute atomic E-state index is 11.7. The molecule has 0 saturated heterocycles. The molecule has 2 rings (SSSR count). The number of urea groups is 1. The number of halogens is 1. The topological polar surface area (TPSA) is 78.4 Å². The number of aromatic carboxylic acids is 1. The third kappa shape index (κ3) is 3.42. The predicted octanol–water partition coefficient (Wildman–Crippen LogP) is 3.21. The number of carbonyl (C=O) groups excluding carboxylic acids is 1. The molecule has 2 amide bonds. The van der Waals surface area contributed by atoms with Crippen molar-refractivity contribution in [2.75, 3.05) is 11.9 Å². The standard InChI is InChI=1S/C14H17ClN2O3/c1-14(2)6-8(14)7-16-13(20)17-9-3-4-11(15)10(5-9)12(18)19/h3-5,8H,6-7H2,1-2H3,(H,18,19)(H2,16,17,20). The molecule has 1 aromatic carbocycles. The maximum atomic E-state index is 11.7. The zero-order valence-corrected chi connectivity index (χ0v) is 12.1. The summed E-state index contributed by atoms with van der Waals surface area (Å²) in [7, 11) is 0. The average molecular weight is 297 g/mol. The van der Waals surface area contributed by atoms with Gasteiger partial charge in [-0.2, -0.15) is 0 Å². The van der Waals surface area contributed by atoms with Gasteiger partial charge in [-0.3, -0.25) is 0 Å². The van der Waals surface area contributed by atoms with Crippen LogP contribution in [0.15, 0.2) is 18.2 Å². The molecule has 1 saturated carbocycles. The van der Waals surface area contributed by atoms with Crippen molar-refractivity contribution < 1.29 is 14.7 Å². The molecule has 0 heterocycles. The fourth-order valence-corrected chi connectivity index (χ4v) is 2.28. The second-order valence-corrected chi connectivity index (χ2v) is 6.13. The van der Waals surface area contributed by atoms with E-state index in [9.17, 15) is 9.59 Å². The Kier molecular flexibility index (Phi) is 3.90. The molecular weight excluding hydrogens is 280 g/mol. The molecular formula is C14H17ClN2O3. The van der Waals surface area contributed by atoms with E-state index in [0.29, 0.717) is 23.6 Å². The predicted molar refractivity (Wildman–Crippen MR) is 77.3 cm³/mol. The van der Waals surface area contributed by atoms with Gasteiger partial charge in [0.05, 0.1) is 10.6 Å². The number of benzene rings is 1. The molecule has 0 aromatic heterocycles. The summed E-state index contributed by atoms with van der Waals surface area (Å²) in [6.07, 6.45) is 1.11. The third-order valence-electron chi connectivity index (χ3n) is 3.68. The van der Waals surface area contributed by atoms with Crippen molar-refractivity contribution in [1.82, 2.24) is 5.32 Å². The quantitative estimate of drug-likeness (QED) is 0.798. The van der Waals surface area contributed by atoms with Crippen LogP contribution in [-0.4, -0.2) is 23.7 Å². The third-order valence-corrected chi connectivity index (χ3v) is 4.01. The zero-order chi connectivity index (χ0) is 14.9. The van der Waals surface area contributed by atoms with Crippen LogP contribution in [0.1, 0.15) is 30.6 Å². The summed E-state index contributed by atoms with van der Waals surface area (Å²) in [6.45, 7) is 4.95. The van der Waals surface area contributed by atoms with Crippen LogP contribution < -0.4 is 10.6 Å². The first-order chi connectivity index (χ1) is 9.29. The summed E-state index contributed by atoms with van der Waals surface area (Å²) >= 11 is 5.76. The van der Waals surface area contributed by atoms with Crippen LogP contribution in [-0.2, 0) is 0 Å². The molecule has 1 aliphatic carbocycles. The molecule has 20 heavy (non-hydrogen) atoms. The van der Waals surface area contributed by atoms with Gasteiger partial charge >= 0.3 is 12.0 Å². The minimum absolute atomic E-state index is 0.0345. The highest BCUT2D eigenvalue weighted by molar-refractivity contribution is 6.33. The molecule has 108 valence electrons. The Morgan fingerprint density at radius 2 is 2.10 bits per heavy atom. The number of hydrogen-bond acceptors (Lipinski definition) is 2. The van der Waals surface area contributed by atoms with Crippen molar-refractivity contribution in [3.8, 4) is 0 Å². The lowest BCUT2D eigenvalue weighted by atomic mass is 10.1. The van der Waals surface area contributed by atoms with Crippen LogP contribution in [0.5, 0.6) is 0 Å². The van der Waals surface area contributed by atoms with Gasteiger partial charge < -0.3 is 15.7 Å². The monoisotopic (exact) mass is 296 g/mol. The minimum Gasteiger partial charge on any atom is -0.478 e. The lowest BCUT2D eigenvalue weighted by molar-refractivity contribution is 0.0697. The second kappa shape index (κ2) is 5.32. The number of carboxylic acids is 1. The normalized spacial score (nSPS) is 19.2. The average Bonchev–Trinajstić information content (AvgIpc) is 2.97. The summed E-state index contributed by atoms with van der Waals surface area (Å²) in [5.41, 5.74) is 0.677. The molecule has 3 N–H and O–H groups in total. The van der Waals surface area contributed by atoms with Gasteiger partial charge in [-0.1, -0.05) is 25.4 Å². The fourth-order valence-electron chi connectivity index (χ4n) is 2.08. The van der Waals surface area contributed by atoms with E-state index >= 15 is 0 Å². The molecule has 0 spiro atoms. The Morgan fingerprint density at radius 3 is 2.65 bits per heavy atom. The van der Waals surface area contributed by atoms with Gasteiger partial charge in [0.2, 0.25) is 0 Å². The van der Waals surface area contributed by atoms with Crippen LogP contribution >= 0.6 is 11.6 Å². The van der Waals surface area contributed by atoms with Gasteiger partial charge in [0.1, 0.15) is 0 Å². The lowest BCUT2D eigenvalue weighted by Crippen LogP contribution is -2.31. The van der Waals surface area contributed by atoms with E-state index in [-0.39, 0.29) is 16.6 Å². The summed E-state index contributed by atoms with van der Waals surface area (Å²) in [5.74, 6) is -0.619. The summed E-state index contributed by atoms with van der Waals surface area (Å²) in [6, 6.07) is 4.01. The highest BCUT2D eigenvalue weighted by Crippen LogP contribution is 2.50. The van der Waals surface area contributed by atoms with Crippen LogP contribution in [0.3, 0.4) is 0 Å². The molecule has 1 aromatic rings. The smallest absolute Gasteiger partial charge is 0.337 e. The Bertz CT molecular complexity index is 557. The van der Waals surface area contributed by atoms with E-state index in [1.54, 1.807) is 6.07 Å². The molecule has 6 heteroatoms. The number of rotatable bonds is 4. The number of hydrogen-bond donors (Lipinski definition) is 3. The summed E-state index contributed by atoms with van der Waals surface area (Å²) in [4.78, 5) is 22.7. The van der Waals surface area contributed by atoms with Gasteiger partial charge in [-0.15, -0.1) is 0 Å². The van der Waals surface area contributed by atoms with Crippen molar-refractivity contribution in [3.05, 3.63) is 28.8 Å². The van der Waals surface area contributed by atoms with E-state index in [1.807, 2.05) is 0 Å². The fraction of sp³-hybridized carbons (Fsp3) is 0.429. The van der Waals surface area contributed by atoms with Gasteiger partial charge in [-0.05, 0) is 36.0 Å². The van der Waals surface area contributed by atoms with Gasteiger partial charge in [0.25, 0.3) is 0 Å². The summed E-state index contributed by atoms with van der Waals surface area (Å²) < 4.78 is 0. The zero-order valence-electron chi connectivity index (χ0n) is 11.4. The van der Waals surface area contributed by atoms with Crippen molar-refractivity contribution in [3.63, 3.8) is 0 Å². The Hall–Kier alpha value is -1.75. The molecule has 1 atom stereocenters. The molecule has 1 aliphatic rings. The van der Waals surface area contributed by atoms with Crippen molar-refractivity contribution in [2.45, 2.75) is 20.3 Å². The molecule has 5 nitrogen and oxygen atoms in total. The summed E-state index contributed by atoms with van der Waals surface area (Å²) in [5, 5.41) is 14.5. The van der Waals surface area contributed by atoms with Crippen LogP contribution in [0, 0.1) is 11.3 Å². The SMILES string of the molecule is CC1(C)CC1CNC(=O)Nc1ccc(Cl)c(C(=O)O)c1. The highest BCUT2D eigenvalue weighted by atomic mass is 35.5. The largest absolute Gasteiger partial charge is 0.478 e. The van der Waals surface area contributed by atoms with E-state index in [0.717, 1.165) is 6.42 Å². The Labute approximate surface area is 122 Å². The first-order valence-corrected chi connectivity index (χ1v) is 6.75. The Morgan fingerprint density at radius 1 is 1.45 bits per heavy atom. The van der Waals surface area contributed by atoms with E-state index in [2.05, 4.69) is 24.5 Å². The highest BCUT2D eigenvalue weighted by Gasteiger charge is 2.45. The van der Waals surface area contributed by atoms with Crippen molar-refractivity contribution >= 4 is 29.3 Å². The van der Waals surface area contributed by atoms with Crippen LogP contribution in [0.25, 0.3) is 0 Å². The minimum atomic E-state index is -1.13.